The molecule has 0 aliphatic heterocycles. The molecule has 0 aliphatic carbocycles. The molecule has 1 N–H and O–H groups in total. The van der Waals surface area contributed by atoms with E-state index in [-0.39, 0.29) is 0 Å². The zero-order chi connectivity index (χ0) is 15.6. The van der Waals surface area contributed by atoms with E-state index in [0.29, 0.717) is 18.4 Å². The summed E-state index contributed by atoms with van der Waals surface area (Å²) < 4.78 is 23.9. The normalized spacial score (nSPS) is 15.1. The summed E-state index contributed by atoms with van der Waals surface area (Å²) >= 11 is 0. The van der Waals surface area contributed by atoms with Crippen molar-refractivity contribution in [3.8, 4) is 0 Å². The third-order valence-electron chi connectivity index (χ3n) is 4.15. The summed E-state index contributed by atoms with van der Waals surface area (Å²) in [5.41, 5.74) is 0.657. The van der Waals surface area contributed by atoms with Gasteiger partial charge >= 0.3 is 0 Å². The number of sulfone groups is 1. The van der Waals surface area contributed by atoms with Crippen LogP contribution in [0.4, 0.5) is 0 Å². The topological polar surface area (TPSA) is 54.4 Å². The summed E-state index contributed by atoms with van der Waals surface area (Å²) in [5.74, 6) is 0. The summed E-state index contributed by atoms with van der Waals surface area (Å²) in [7, 11) is -3.50. The van der Waals surface area contributed by atoms with Gasteiger partial charge in [0.25, 0.3) is 0 Å². The average molecular weight is 298 g/mol. The fourth-order valence-corrected chi connectivity index (χ4v) is 5.12. The summed E-state index contributed by atoms with van der Waals surface area (Å²) in [6.45, 7) is 8.75. The van der Waals surface area contributed by atoms with E-state index < -0.39 is 25.4 Å². The second-order valence-electron chi connectivity index (χ2n) is 6.20. The van der Waals surface area contributed by atoms with Crippen molar-refractivity contribution >= 4 is 9.84 Å². The number of rotatable bonds is 5. The standard InChI is InChI=1S/C16H26O3S/c1-6-16(7-2,20(18,19)15(3,4)5)14(17)13-11-9-8-10-12-13/h8-12,14,17H,6-7H2,1-5H3/t14-/m1/s1. The molecule has 0 unspecified atom stereocenters. The van der Waals surface area contributed by atoms with E-state index in [0.717, 1.165) is 0 Å². The van der Waals surface area contributed by atoms with Gasteiger partial charge in [-0.2, -0.15) is 0 Å². The van der Waals surface area contributed by atoms with E-state index in [1.807, 2.05) is 32.0 Å². The lowest BCUT2D eigenvalue weighted by atomic mass is 9.90. The first kappa shape index (κ1) is 17.2. The molecule has 0 saturated heterocycles. The molecule has 1 aromatic rings. The Morgan fingerprint density at radius 1 is 1.05 bits per heavy atom. The van der Waals surface area contributed by atoms with Gasteiger partial charge in [-0.25, -0.2) is 8.42 Å². The van der Waals surface area contributed by atoms with Gasteiger partial charge in [-0.1, -0.05) is 44.2 Å². The molecule has 0 bridgehead atoms. The molecule has 0 spiro atoms. The molecular formula is C16H26O3S. The van der Waals surface area contributed by atoms with Gasteiger partial charge in [-0.3, -0.25) is 0 Å². The smallest absolute Gasteiger partial charge is 0.163 e. The van der Waals surface area contributed by atoms with E-state index >= 15 is 0 Å². The maximum atomic E-state index is 13.0. The van der Waals surface area contributed by atoms with Crippen molar-refractivity contribution in [2.75, 3.05) is 0 Å². The van der Waals surface area contributed by atoms with E-state index in [1.54, 1.807) is 32.9 Å². The lowest BCUT2D eigenvalue weighted by Gasteiger charge is -2.41. The van der Waals surface area contributed by atoms with Crippen LogP contribution in [0.1, 0.15) is 59.1 Å². The van der Waals surface area contributed by atoms with Crippen LogP contribution < -0.4 is 0 Å². The zero-order valence-corrected chi connectivity index (χ0v) is 13.9. The quantitative estimate of drug-likeness (QED) is 0.905. The predicted octanol–water partition coefficient (Wildman–Crippen LogP) is 3.49. The Morgan fingerprint density at radius 2 is 1.50 bits per heavy atom. The summed E-state index contributed by atoms with van der Waals surface area (Å²) in [5, 5.41) is 10.8. The lowest BCUT2D eigenvalue weighted by Crippen LogP contribution is -2.51. The van der Waals surface area contributed by atoms with Crippen LogP contribution in [-0.4, -0.2) is 23.0 Å². The molecule has 4 heteroatoms. The third-order valence-corrected chi connectivity index (χ3v) is 7.64. The van der Waals surface area contributed by atoms with Crippen LogP contribution in [0.5, 0.6) is 0 Å². The van der Waals surface area contributed by atoms with Crippen LogP contribution in [0.25, 0.3) is 0 Å². The highest BCUT2D eigenvalue weighted by Crippen LogP contribution is 2.43. The lowest BCUT2D eigenvalue weighted by molar-refractivity contribution is 0.117. The van der Waals surface area contributed by atoms with Gasteiger partial charge in [0, 0.05) is 0 Å². The Morgan fingerprint density at radius 3 is 1.85 bits per heavy atom. The highest BCUT2D eigenvalue weighted by molar-refractivity contribution is 7.94. The van der Waals surface area contributed by atoms with Crippen LogP contribution in [0.3, 0.4) is 0 Å². The Kier molecular flexibility index (Phi) is 5.03. The SMILES string of the molecule is CCC(CC)([C@H](O)c1ccccc1)S(=O)(=O)C(C)(C)C. The van der Waals surface area contributed by atoms with Gasteiger partial charge in [0.2, 0.25) is 0 Å². The summed E-state index contributed by atoms with van der Waals surface area (Å²) in [4.78, 5) is 0. The molecule has 1 atom stereocenters. The van der Waals surface area contributed by atoms with Gasteiger partial charge in [-0.05, 0) is 39.2 Å². The first-order valence-electron chi connectivity index (χ1n) is 7.11. The molecule has 0 radical (unpaired) electrons. The Labute approximate surface area is 123 Å². The number of benzene rings is 1. The highest BCUT2D eigenvalue weighted by Gasteiger charge is 2.52. The minimum absolute atomic E-state index is 0.388. The van der Waals surface area contributed by atoms with Crippen LogP contribution in [0, 0.1) is 0 Å². The minimum atomic E-state index is -3.50. The molecule has 0 aromatic heterocycles. The molecular weight excluding hydrogens is 272 g/mol. The van der Waals surface area contributed by atoms with Gasteiger partial charge in [0.1, 0.15) is 4.75 Å². The molecule has 0 amide bonds. The van der Waals surface area contributed by atoms with Crippen molar-refractivity contribution in [2.24, 2.45) is 0 Å². The monoisotopic (exact) mass is 298 g/mol. The molecule has 1 rings (SSSR count). The van der Waals surface area contributed by atoms with E-state index in [2.05, 4.69) is 0 Å². The second kappa shape index (κ2) is 5.86. The number of hydrogen-bond acceptors (Lipinski definition) is 3. The number of aliphatic hydroxyl groups is 1. The molecule has 0 saturated carbocycles. The molecule has 3 nitrogen and oxygen atoms in total. The third kappa shape index (κ3) is 2.63. The van der Waals surface area contributed by atoms with Gasteiger partial charge < -0.3 is 5.11 Å². The van der Waals surface area contributed by atoms with E-state index in [1.165, 1.54) is 0 Å². The molecule has 20 heavy (non-hydrogen) atoms. The average Bonchev–Trinajstić information content (AvgIpc) is 2.40. The highest BCUT2D eigenvalue weighted by atomic mass is 32.2. The van der Waals surface area contributed by atoms with Crippen molar-refractivity contribution in [1.82, 2.24) is 0 Å². The Balaban J connectivity index is 3.44. The number of aliphatic hydroxyl groups excluding tert-OH is 1. The second-order valence-corrected chi connectivity index (χ2v) is 9.25. The van der Waals surface area contributed by atoms with Crippen LogP contribution in [0.2, 0.25) is 0 Å². The zero-order valence-electron chi connectivity index (χ0n) is 13.1. The van der Waals surface area contributed by atoms with Crippen molar-refractivity contribution in [2.45, 2.75) is 63.1 Å². The molecule has 0 heterocycles. The van der Waals surface area contributed by atoms with Crippen LogP contribution in [0.15, 0.2) is 30.3 Å². The van der Waals surface area contributed by atoms with Crippen molar-refractivity contribution < 1.29 is 13.5 Å². The van der Waals surface area contributed by atoms with Crippen LogP contribution >= 0.6 is 0 Å². The first-order chi connectivity index (χ1) is 9.14. The Hall–Kier alpha value is -0.870. The molecule has 1 aromatic carbocycles. The number of hydrogen-bond donors (Lipinski definition) is 1. The summed E-state index contributed by atoms with van der Waals surface area (Å²) in [6, 6.07) is 9.05. The molecule has 114 valence electrons. The van der Waals surface area contributed by atoms with E-state index in [4.69, 9.17) is 0 Å². The molecule has 0 aliphatic rings. The van der Waals surface area contributed by atoms with E-state index in [9.17, 15) is 13.5 Å². The van der Waals surface area contributed by atoms with Crippen molar-refractivity contribution in [3.05, 3.63) is 35.9 Å². The fraction of sp³-hybridized carbons (Fsp3) is 0.625. The first-order valence-corrected chi connectivity index (χ1v) is 8.59. The van der Waals surface area contributed by atoms with Gasteiger partial charge in [0.05, 0.1) is 10.9 Å². The van der Waals surface area contributed by atoms with Crippen LogP contribution in [-0.2, 0) is 9.84 Å². The predicted molar refractivity (Wildman–Crippen MR) is 83.4 cm³/mol. The molecule has 0 fully saturated rings. The minimum Gasteiger partial charge on any atom is -0.387 e. The summed E-state index contributed by atoms with van der Waals surface area (Å²) in [6.07, 6.45) is -0.235. The van der Waals surface area contributed by atoms with Crippen molar-refractivity contribution in [3.63, 3.8) is 0 Å². The fourth-order valence-electron chi connectivity index (χ4n) is 2.71. The largest absolute Gasteiger partial charge is 0.387 e. The Bertz CT molecular complexity index is 523. The van der Waals surface area contributed by atoms with Gasteiger partial charge in [0.15, 0.2) is 9.84 Å². The maximum Gasteiger partial charge on any atom is 0.163 e. The maximum absolute atomic E-state index is 13.0. The van der Waals surface area contributed by atoms with Gasteiger partial charge in [-0.15, -0.1) is 0 Å². The van der Waals surface area contributed by atoms with Crippen molar-refractivity contribution in [1.29, 1.82) is 0 Å².